The third-order valence-electron chi connectivity index (χ3n) is 4.75. The molecule has 1 amide bonds. The molecule has 0 aliphatic heterocycles. The second-order valence-electron chi connectivity index (χ2n) is 6.22. The van der Waals surface area contributed by atoms with Crippen LogP contribution in [-0.2, 0) is 16.0 Å². The average Bonchev–Trinajstić information content (AvgIpc) is 2.81. The molecular formula is C14H23N3O3. The Morgan fingerprint density at radius 1 is 1.50 bits per heavy atom. The molecule has 1 fully saturated rings. The van der Waals surface area contributed by atoms with E-state index in [-0.39, 0.29) is 23.0 Å². The van der Waals surface area contributed by atoms with Gasteiger partial charge in [-0.05, 0) is 20.3 Å². The van der Waals surface area contributed by atoms with Gasteiger partial charge in [0.1, 0.15) is 0 Å². The molecule has 0 radical (unpaired) electrons. The van der Waals surface area contributed by atoms with E-state index < -0.39 is 0 Å². The van der Waals surface area contributed by atoms with Gasteiger partial charge >= 0.3 is 0 Å². The van der Waals surface area contributed by atoms with Gasteiger partial charge in [0, 0.05) is 31.4 Å². The minimum absolute atomic E-state index is 0.0112. The molecule has 6 nitrogen and oxygen atoms in total. The van der Waals surface area contributed by atoms with E-state index in [1.54, 1.807) is 14.0 Å². The summed E-state index contributed by atoms with van der Waals surface area (Å²) in [4.78, 5) is 16.1. The van der Waals surface area contributed by atoms with Crippen molar-refractivity contribution in [2.45, 2.75) is 58.6 Å². The van der Waals surface area contributed by atoms with Gasteiger partial charge in [0.05, 0.1) is 5.60 Å². The van der Waals surface area contributed by atoms with Crippen LogP contribution in [0, 0.1) is 12.3 Å². The Hall–Kier alpha value is -1.43. The molecule has 20 heavy (non-hydrogen) atoms. The van der Waals surface area contributed by atoms with Gasteiger partial charge in [0.25, 0.3) is 0 Å². The van der Waals surface area contributed by atoms with Crippen LogP contribution in [0.4, 0.5) is 0 Å². The first-order valence-corrected chi connectivity index (χ1v) is 6.92. The zero-order valence-electron chi connectivity index (χ0n) is 12.8. The van der Waals surface area contributed by atoms with Gasteiger partial charge < -0.3 is 14.6 Å². The topological polar surface area (TPSA) is 77.2 Å². The van der Waals surface area contributed by atoms with Gasteiger partial charge in [0.2, 0.25) is 11.8 Å². The number of aryl methyl sites for hydroxylation is 2. The van der Waals surface area contributed by atoms with E-state index in [0.29, 0.717) is 24.6 Å². The molecule has 0 spiro atoms. The second-order valence-corrected chi connectivity index (χ2v) is 6.22. The van der Waals surface area contributed by atoms with Crippen LogP contribution < -0.4 is 5.32 Å². The fourth-order valence-corrected chi connectivity index (χ4v) is 2.65. The van der Waals surface area contributed by atoms with E-state index in [0.717, 1.165) is 6.42 Å². The monoisotopic (exact) mass is 281 g/mol. The number of carbonyl (C=O) groups excluding carboxylic acids is 1. The minimum atomic E-state index is -0.172. The fraction of sp³-hybridized carbons (Fsp3) is 0.786. The predicted molar refractivity (Wildman–Crippen MR) is 73.1 cm³/mol. The van der Waals surface area contributed by atoms with Gasteiger partial charge in [0.15, 0.2) is 5.82 Å². The number of nitrogens with one attached hydrogen (secondary N) is 1. The molecule has 112 valence electrons. The Morgan fingerprint density at radius 2 is 2.20 bits per heavy atom. The Kier molecular flexibility index (Phi) is 3.86. The highest BCUT2D eigenvalue weighted by atomic mass is 16.5. The van der Waals surface area contributed by atoms with E-state index in [4.69, 9.17) is 9.26 Å². The molecule has 1 aliphatic carbocycles. The third-order valence-corrected chi connectivity index (χ3v) is 4.75. The van der Waals surface area contributed by atoms with Gasteiger partial charge in [-0.2, -0.15) is 4.98 Å². The first kappa shape index (κ1) is 15.0. The van der Waals surface area contributed by atoms with Crippen molar-refractivity contribution in [3.8, 4) is 0 Å². The molecule has 0 aromatic carbocycles. The maximum Gasteiger partial charge on any atom is 0.227 e. The smallest absolute Gasteiger partial charge is 0.227 e. The molecule has 6 heteroatoms. The van der Waals surface area contributed by atoms with Crippen molar-refractivity contribution in [3.05, 3.63) is 11.7 Å². The van der Waals surface area contributed by atoms with Crippen molar-refractivity contribution in [1.82, 2.24) is 15.5 Å². The minimum Gasteiger partial charge on any atom is -0.378 e. The zero-order chi connectivity index (χ0) is 15.0. The standard InChI is InChI=1S/C14H23N3O3/c1-9-15-12(20-17-9)7-6-11(18)16-10-8-14(4,19-5)13(10,2)3/h10H,6-8H2,1-5H3,(H,16,18)/t10-,14-/m1/s1. The summed E-state index contributed by atoms with van der Waals surface area (Å²) in [6, 6.07) is 0.143. The van der Waals surface area contributed by atoms with Crippen LogP contribution in [0.2, 0.25) is 0 Å². The van der Waals surface area contributed by atoms with Gasteiger partial charge in [-0.15, -0.1) is 0 Å². The molecule has 1 aliphatic rings. The van der Waals surface area contributed by atoms with Crippen LogP contribution in [0.1, 0.15) is 45.3 Å². The van der Waals surface area contributed by atoms with E-state index >= 15 is 0 Å². The molecule has 0 saturated heterocycles. The lowest BCUT2D eigenvalue weighted by atomic mass is 9.56. The summed E-state index contributed by atoms with van der Waals surface area (Å²) in [5.74, 6) is 1.11. The zero-order valence-corrected chi connectivity index (χ0v) is 12.8. The summed E-state index contributed by atoms with van der Waals surface area (Å²) in [5, 5.41) is 6.77. The molecule has 1 heterocycles. The molecule has 1 saturated carbocycles. The van der Waals surface area contributed by atoms with E-state index in [2.05, 4.69) is 36.2 Å². The summed E-state index contributed by atoms with van der Waals surface area (Å²) in [7, 11) is 1.72. The third kappa shape index (κ3) is 2.57. The molecule has 1 N–H and O–H groups in total. The summed E-state index contributed by atoms with van der Waals surface area (Å²) in [5.41, 5.74) is -0.243. The lowest BCUT2D eigenvalue weighted by molar-refractivity contribution is -0.182. The summed E-state index contributed by atoms with van der Waals surface area (Å²) in [6.45, 7) is 8.07. The van der Waals surface area contributed by atoms with Crippen molar-refractivity contribution >= 4 is 5.91 Å². The fourth-order valence-electron chi connectivity index (χ4n) is 2.65. The Bertz CT molecular complexity index is 498. The van der Waals surface area contributed by atoms with Gasteiger partial charge in [-0.1, -0.05) is 19.0 Å². The normalized spacial score (nSPS) is 27.9. The molecule has 0 bridgehead atoms. The molecule has 1 aromatic heterocycles. The van der Waals surface area contributed by atoms with Crippen LogP contribution in [0.3, 0.4) is 0 Å². The Labute approximate surface area is 119 Å². The Balaban J connectivity index is 1.81. The number of hydrogen-bond acceptors (Lipinski definition) is 5. The highest BCUT2D eigenvalue weighted by Crippen LogP contribution is 2.51. The highest BCUT2D eigenvalue weighted by molar-refractivity contribution is 5.76. The summed E-state index contributed by atoms with van der Waals surface area (Å²) >= 11 is 0. The van der Waals surface area contributed by atoms with Gasteiger partial charge in [-0.25, -0.2) is 0 Å². The van der Waals surface area contributed by atoms with Crippen molar-refractivity contribution in [1.29, 1.82) is 0 Å². The first-order valence-electron chi connectivity index (χ1n) is 6.92. The quantitative estimate of drug-likeness (QED) is 0.887. The van der Waals surface area contributed by atoms with Crippen LogP contribution in [0.5, 0.6) is 0 Å². The van der Waals surface area contributed by atoms with E-state index in [1.165, 1.54) is 0 Å². The summed E-state index contributed by atoms with van der Waals surface area (Å²) in [6.07, 6.45) is 1.67. The first-order chi connectivity index (χ1) is 9.28. The maximum absolute atomic E-state index is 12.0. The molecule has 2 atom stereocenters. The lowest BCUT2D eigenvalue weighted by Crippen LogP contribution is -2.68. The summed E-state index contributed by atoms with van der Waals surface area (Å²) < 4.78 is 10.5. The lowest BCUT2D eigenvalue weighted by Gasteiger charge is -2.59. The largest absolute Gasteiger partial charge is 0.378 e. The number of ether oxygens (including phenoxy) is 1. The van der Waals surface area contributed by atoms with Crippen molar-refractivity contribution < 1.29 is 14.1 Å². The van der Waals surface area contributed by atoms with Crippen molar-refractivity contribution in [2.24, 2.45) is 5.41 Å². The number of hydrogen-bond donors (Lipinski definition) is 1. The number of amides is 1. The number of carbonyl (C=O) groups is 1. The van der Waals surface area contributed by atoms with Crippen molar-refractivity contribution in [2.75, 3.05) is 7.11 Å². The SMILES string of the molecule is CO[C@]1(C)C[C@@H](NC(=O)CCc2nc(C)no2)C1(C)C. The van der Waals surface area contributed by atoms with Crippen LogP contribution >= 0.6 is 0 Å². The van der Waals surface area contributed by atoms with E-state index in [9.17, 15) is 4.79 Å². The maximum atomic E-state index is 12.0. The molecule has 1 aromatic rings. The molecule has 0 unspecified atom stereocenters. The van der Waals surface area contributed by atoms with Crippen LogP contribution in [0.15, 0.2) is 4.52 Å². The average molecular weight is 281 g/mol. The van der Waals surface area contributed by atoms with Crippen LogP contribution in [0.25, 0.3) is 0 Å². The van der Waals surface area contributed by atoms with Gasteiger partial charge in [-0.3, -0.25) is 4.79 Å². The van der Waals surface area contributed by atoms with Crippen LogP contribution in [-0.4, -0.2) is 34.8 Å². The predicted octanol–water partition coefficient (Wildman–Crippen LogP) is 1.63. The Morgan fingerprint density at radius 3 is 2.70 bits per heavy atom. The molecular weight excluding hydrogens is 258 g/mol. The van der Waals surface area contributed by atoms with E-state index in [1.807, 2.05) is 0 Å². The number of nitrogens with zero attached hydrogens (tertiary/aromatic N) is 2. The van der Waals surface area contributed by atoms with Crippen molar-refractivity contribution in [3.63, 3.8) is 0 Å². The highest BCUT2D eigenvalue weighted by Gasteiger charge is 2.58. The number of rotatable bonds is 5. The molecule has 2 rings (SSSR count). The number of methoxy groups -OCH3 is 1. The second kappa shape index (κ2) is 5.16. The number of aromatic nitrogens is 2.